The number of aromatic nitrogens is 2. The van der Waals surface area contributed by atoms with E-state index in [4.69, 9.17) is 9.97 Å². The van der Waals surface area contributed by atoms with Gasteiger partial charge in [0.25, 0.3) is 5.91 Å². The van der Waals surface area contributed by atoms with Crippen LogP contribution in [0.15, 0.2) is 29.4 Å². The molecule has 1 N–H and O–H groups in total. The van der Waals surface area contributed by atoms with Gasteiger partial charge >= 0.3 is 0 Å². The number of thioether (sulfide) groups is 1. The van der Waals surface area contributed by atoms with E-state index in [1.54, 1.807) is 11.8 Å². The van der Waals surface area contributed by atoms with Crippen LogP contribution in [0.25, 0.3) is 0 Å². The topological polar surface area (TPSA) is 61.4 Å². The van der Waals surface area contributed by atoms with E-state index in [1.165, 1.54) is 0 Å². The maximum Gasteiger partial charge on any atom is 0.251 e. The fourth-order valence-corrected chi connectivity index (χ4v) is 4.10. The fraction of sp³-hybridized carbons (Fsp3) is 0.500. The fourth-order valence-electron chi connectivity index (χ4n) is 3.28. The number of anilines is 1. The molecule has 1 aromatic heterocycles. The number of amides is 1. The molecule has 1 amide bonds. The van der Waals surface area contributed by atoms with Gasteiger partial charge in [0, 0.05) is 54.8 Å². The van der Waals surface area contributed by atoms with Gasteiger partial charge in [-0.1, -0.05) is 23.9 Å². The highest BCUT2D eigenvalue weighted by molar-refractivity contribution is 7.98. The largest absolute Gasteiger partial charge is 0.354 e. The normalized spacial score (nSPS) is 15.0. The van der Waals surface area contributed by atoms with Gasteiger partial charge in [-0.3, -0.25) is 4.79 Å². The quantitative estimate of drug-likeness (QED) is 0.579. The molecule has 1 aliphatic rings. The van der Waals surface area contributed by atoms with Gasteiger partial charge in [-0.25, -0.2) is 9.97 Å². The first kappa shape index (κ1) is 21.6. The Morgan fingerprint density at radius 3 is 2.59 bits per heavy atom. The molecule has 0 radical (unpaired) electrons. The zero-order valence-electron chi connectivity index (χ0n) is 18.0. The lowest BCUT2D eigenvalue weighted by Gasteiger charge is -2.34. The number of carbonyl (C=O) groups is 1. The van der Waals surface area contributed by atoms with Gasteiger partial charge in [0.1, 0.15) is 5.82 Å². The molecule has 1 saturated heterocycles. The summed E-state index contributed by atoms with van der Waals surface area (Å²) in [5.41, 5.74) is 3.97. The molecule has 0 unspecified atom stereocenters. The number of hydrogen-bond acceptors (Lipinski definition) is 6. The number of benzene rings is 1. The summed E-state index contributed by atoms with van der Waals surface area (Å²) >= 11 is 1.62. The van der Waals surface area contributed by atoms with Gasteiger partial charge in [0.05, 0.1) is 0 Å². The average molecular weight is 414 g/mol. The summed E-state index contributed by atoms with van der Waals surface area (Å²) in [4.78, 5) is 26.5. The highest BCUT2D eigenvalue weighted by Crippen LogP contribution is 2.27. The number of rotatable bonds is 6. The lowest BCUT2D eigenvalue weighted by atomic mass is 10.1. The van der Waals surface area contributed by atoms with Crippen molar-refractivity contribution in [2.24, 2.45) is 0 Å². The molecule has 1 fully saturated rings. The number of carbonyl (C=O) groups excluding carboxylic acids is 1. The number of aryl methyl sites for hydroxylation is 1. The summed E-state index contributed by atoms with van der Waals surface area (Å²) in [7, 11) is 2.16. The van der Waals surface area contributed by atoms with E-state index in [2.05, 4.69) is 36.0 Å². The molecule has 0 bridgehead atoms. The predicted molar refractivity (Wildman–Crippen MR) is 120 cm³/mol. The molecule has 29 heavy (non-hydrogen) atoms. The summed E-state index contributed by atoms with van der Waals surface area (Å²) in [6.07, 6.45) is 0. The zero-order valence-corrected chi connectivity index (χ0v) is 18.8. The van der Waals surface area contributed by atoms with Crippen molar-refractivity contribution >= 4 is 23.5 Å². The van der Waals surface area contributed by atoms with Gasteiger partial charge in [-0.05, 0) is 52.4 Å². The van der Waals surface area contributed by atoms with Crippen molar-refractivity contribution in [2.75, 3.05) is 38.1 Å². The summed E-state index contributed by atoms with van der Waals surface area (Å²) in [5, 5.41) is 3.73. The Bertz CT molecular complexity index is 862. The smallest absolute Gasteiger partial charge is 0.251 e. The van der Waals surface area contributed by atoms with Gasteiger partial charge in [-0.2, -0.15) is 0 Å². The second-order valence-corrected chi connectivity index (χ2v) is 8.89. The van der Waals surface area contributed by atoms with Crippen LogP contribution in [0.3, 0.4) is 0 Å². The Kier molecular flexibility index (Phi) is 7.14. The molecule has 0 spiro atoms. The molecule has 1 aliphatic heterocycles. The molecule has 1 aromatic carbocycles. The number of piperazine rings is 1. The minimum Gasteiger partial charge on any atom is -0.354 e. The predicted octanol–water partition coefficient (Wildman–Crippen LogP) is 3.28. The highest BCUT2D eigenvalue weighted by Gasteiger charge is 2.19. The maximum atomic E-state index is 12.3. The molecule has 2 aromatic rings. The van der Waals surface area contributed by atoms with Crippen LogP contribution in [0.1, 0.15) is 41.0 Å². The second kappa shape index (κ2) is 9.59. The van der Waals surface area contributed by atoms with Crippen LogP contribution >= 0.6 is 11.8 Å². The Balaban J connectivity index is 1.72. The van der Waals surface area contributed by atoms with Crippen LogP contribution in [-0.2, 0) is 5.75 Å². The van der Waals surface area contributed by atoms with Crippen molar-refractivity contribution in [3.63, 3.8) is 0 Å². The van der Waals surface area contributed by atoms with Crippen LogP contribution in [0.5, 0.6) is 0 Å². The van der Waals surface area contributed by atoms with Crippen LogP contribution in [0, 0.1) is 13.8 Å². The maximum absolute atomic E-state index is 12.3. The third-order valence-electron chi connectivity index (χ3n) is 5.12. The molecule has 6 nitrogen and oxygen atoms in total. The monoisotopic (exact) mass is 413 g/mol. The Morgan fingerprint density at radius 1 is 1.17 bits per heavy atom. The van der Waals surface area contributed by atoms with E-state index in [0.717, 1.165) is 59.7 Å². The van der Waals surface area contributed by atoms with Crippen LogP contribution in [0.4, 0.5) is 5.82 Å². The zero-order chi connectivity index (χ0) is 21.0. The summed E-state index contributed by atoms with van der Waals surface area (Å²) in [6.45, 7) is 12.2. The second-order valence-electron chi connectivity index (χ2n) is 7.95. The third-order valence-corrected chi connectivity index (χ3v) is 6.04. The van der Waals surface area contributed by atoms with Crippen LogP contribution < -0.4 is 10.2 Å². The number of nitrogens with zero attached hydrogens (tertiary/aromatic N) is 4. The highest BCUT2D eigenvalue weighted by atomic mass is 32.2. The lowest BCUT2D eigenvalue weighted by molar-refractivity contribution is 0.0943. The molecule has 156 valence electrons. The summed E-state index contributed by atoms with van der Waals surface area (Å²) in [6, 6.07) is 7.90. The van der Waals surface area contributed by atoms with Crippen LogP contribution in [0.2, 0.25) is 0 Å². The van der Waals surface area contributed by atoms with E-state index >= 15 is 0 Å². The Morgan fingerprint density at radius 2 is 1.90 bits per heavy atom. The van der Waals surface area contributed by atoms with E-state index in [9.17, 15) is 4.79 Å². The Hall–Kier alpha value is -2.12. The number of nitrogens with one attached hydrogen (secondary N) is 1. The molecule has 7 heteroatoms. The van der Waals surface area contributed by atoms with Gasteiger partial charge in [0.2, 0.25) is 0 Å². The van der Waals surface area contributed by atoms with Gasteiger partial charge in [-0.15, -0.1) is 0 Å². The molecular formula is C22H31N5OS. The molecule has 0 atom stereocenters. The van der Waals surface area contributed by atoms with Crippen molar-refractivity contribution in [3.05, 3.63) is 46.6 Å². The molecule has 3 rings (SSSR count). The van der Waals surface area contributed by atoms with Gasteiger partial charge < -0.3 is 15.1 Å². The number of hydrogen-bond donors (Lipinski definition) is 1. The number of likely N-dealkylation sites (N-methyl/N-ethyl adjacent to an activating group) is 1. The summed E-state index contributed by atoms with van der Waals surface area (Å²) < 4.78 is 0. The van der Waals surface area contributed by atoms with E-state index in [1.807, 2.05) is 38.1 Å². The van der Waals surface area contributed by atoms with E-state index in [-0.39, 0.29) is 11.9 Å². The average Bonchev–Trinajstić information content (AvgIpc) is 2.69. The first-order valence-electron chi connectivity index (χ1n) is 10.1. The first-order chi connectivity index (χ1) is 13.8. The van der Waals surface area contributed by atoms with Crippen molar-refractivity contribution in [1.82, 2.24) is 20.2 Å². The molecule has 0 aliphatic carbocycles. The molecular weight excluding hydrogens is 382 g/mol. The van der Waals surface area contributed by atoms with Gasteiger partial charge in [0.15, 0.2) is 5.16 Å². The Labute approximate surface area is 178 Å². The standard InChI is InChI=1S/C22H31N5OS/c1-15(2)23-21(28)19-8-6-7-18(13-19)14-29-22-24-17(4)16(3)20(25-22)27-11-9-26(5)10-12-27/h6-8,13,15H,9-12,14H2,1-5H3,(H,23,28). The van der Waals surface area contributed by atoms with Crippen molar-refractivity contribution in [1.29, 1.82) is 0 Å². The lowest BCUT2D eigenvalue weighted by Crippen LogP contribution is -2.45. The molecule has 0 saturated carbocycles. The van der Waals surface area contributed by atoms with Crippen LogP contribution in [-0.4, -0.2) is 60.0 Å². The van der Waals surface area contributed by atoms with Crippen molar-refractivity contribution in [2.45, 2.75) is 44.6 Å². The minimum atomic E-state index is -0.0355. The minimum absolute atomic E-state index is 0.0355. The first-order valence-corrected chi connectivity index (χ1v) is 11.1. The summed E-state index contributed by atoms with van der Waals surface area (Å²) in [5.74, 6) is 1.75. The van der Waals surface area contributed by atoms with E-state index in [0.29, 0.717) is 5.56 Å². The molecule has 2 heterocycles. The third kappa shape index (κ3) is 5.70. The van der Waals surface area contributed by atoms with Crippen molar-refractivity contribution < 1.29 is 4.79 Å². The SMILES string of the molecule is Cc1nc(SCc2cccc(C(=O)NC(C)C)c2)nc(N2CCN(C)CC2)c1C. The van der Waals surface area contributed by atoms with E-state index < -0.39 is 0 Å². The van der Waals surface area contributed by atoms with Crippen molar-refractivity contribution in [3.8, 4) is 0 Å².